The quantitative estimate of drug-likeness (QED) is 0.434. The summed E-state index contributed by atoms with van der Waals surface area (Å²) in [5.41, 5.74) is 0. The number of hydrogen-bond acceptors (Lipinski definition) is 2. The third-order valence-electron chi connectivity index (χ3n) is 1.82. The lowest BCUT2D eigenvalue weighted by atomic mass is 10.1. The molecular formula is C10H19FO2. The molecule has 0 N–H and O–H groups in total. The van der Waals surface area contributed by atoms with Crippen molar-refractivity contribution in [1.82, 2.24) is 0 Å². The molecule has 0 spiro atoms. The minimum atomic E-state index is -0.224. The number of ether oxygens (including phenoxy) is 1. The lowest BCUT2D eigenvalue weighted by Gasteiger charge is -2.01. The van der Waals surface area contributed by atoms with Crippen molar-refractivity contribution >= 4 is 5.97 Å². The lowest BCUT2D eigenvalue weighted by Crippen LogP contribution is -2.03. The maximum atomic E-state index is 11.7. The highest BCUT2D eigenvalue weighted by Gasteiger charge is 1.99. The Kier molecular flexibility index (Phi) is 9.05. The van der Waals surface area contributed by atoms with Gasteiger partial charge in [-0.15, -0.1) is 0 Å². The normalized spacial score (nSPS) is 10.0. The average molecular weight is 190 g/mol. The van der Waals surface area contributed by atoms with E-state index < -0.39 is 0 Å². The predicted octanol–water partition coefficient (Wildman–Crippen LogP) is 2.86. The highest BCUT2D eigenvalue weighted by atomic mass is 19.1. The fourth-order valence-electron chi connectivity index (χ4n) is 1.13. The Morgan fingerprint density at radius 2 is 1.77 bits per heavy atom. The first-order valence-corrected chi connectivity index (χ1v) is 5.02. The molecule has 0 aliphatic rings. The van der Waals surface area contributed by atoms with Gasteiger partial charge in [-0.1, -0.05) is 19.3 Å². The number of rotatable bonds is 8. The van der Waals surface area contributed by atoms with E-state index in [9.17, 15) is 9.18 Å². The van der Waals surface area contributed by atoms with E-state index in [4.69, 9.17) is 4.74 Å². The van der Waals surface area contributed by atoms with Gasteiger partial charge in [0.2, 0.25) is 0 Å². The lowest BCUT2D eigenvalue weighted by molar-refractivity contribution is -0.143. The smallest absolute Gasteiger partial charge is 0.305 e. The molecule has 2 nitrogen and oxygen atoms in total. The number of esters is 1. The molecule has 0 rings (SSSR count). The Hall–Kier alpha value is -0.600. The van der Waals surface area contributed by atoms with Crippen molar-refractivity contribution < 1.29 is 13.9 Å². The van der Waals surface area contributed by atoms with Crippen LogP contribution in [-0.2, 0) is 9.53 Å². The number of halogens is 1. The fraction of sp³-hybridized carbons (Fsp3) is 0.900. The molecule has 0 amide bonds. The summed E-state index contributed by atoms with van der Waals surface area (Å²) >= 11 is 0. The second-order valence-electron chi connectivity index (χ2n) is 3.01. The Labute approximate surface area is 79.5 Å². The monoisotopic (exact) mass is 190 g/mol. The summed E-state index contributed by atoms with van der Waals surface area (Å²) in [6.45, 7) is 2.04. The van der Waals surface area contributed by atoms with Crippen LogP contribution in [0.5, 0.6) is 0 Å². The molecule has 0 aliphatic heterocycles. The van der Waals surface area contributed by atoms with Crippen LogP contribution < -0.4 is 0 Å². The third-order valence-corrected chi connectivity index (χ3v) is 1.82. The van der Waals surface area contributed by atoms with Crippen molar-refractivity contribution in [2.24, 2.45) is 0 Å². The Morgan fingerprint density at radius 3 is 2.38 bits per heavy atom. The van der Waals surface area contributed by atoms with E-state index in [1.54, 1.807) is 6.92 Å². The molecule has 0 saturated carbocycles. The zero-order chi connectivity index (χ0) is 9.94. The standard InChI is InChI=1S/C10H19FO2/c1-2-13-10(12)8-6-4-3-5-7-9-11/h2-9H2,1H3. The van der Waals surface area contributed by atoms with E-state index in [1.807, 2.05) is 0 Å². The van der Waals surface area contributed by atoms with Crippen LogP contribution in [-0.4, -0.2) is 19.3 Å². The van der Waals surface area contributed by atoms with Crippen LogP contribution in [0.15, 0.2) is 0 Å². The van der Waals surface area contributed by atoms with Gasteiger partial charge in [0.15, 0.2) is 0 Å². The summed E-state index contributed by atoms with van der Waals surface area (Å²) in [5, 5.41) is 0. The second kappa shape index (κ2) is 9.49. The molecule has 0 radical (unpaired) electrons. The van der Waals surface area contributed by atoms with E-state index in [2.05, 4.69) is 0 Å². The molecule has 0 saturated heterocycles. The Morgan fingerprint density at radius 1 is 1.15 bits per heavy atom. The maximum absolute atomic E-state index is 11.7. The van der Waals surface area contributed by atoms with Crippen molar-refractivity contribution in [2.45, 2.75) is 45.4 Å². The molecule has 0 heterocycles. The summed E-state index contributed by atoms with van der Waals surface area (Å²) in [7, 11) is 0. The van der Waals surface area contributed by atoms with Crippen LogP contribution in [0.3, 0.4) is 0 Å². The summed E-state index contributed by atoms with van der Waals surface area (Å²) in [6.07, 6.45) is 4.97. The first-order valence-electron chi connectivity index (χ1n) is 5.02. The Balaban J connectivity index is 3.02. The topological polar surface area (TPSA) is 26.3 Å². The molecule has 13 heavy (non-hydrogen) atoms. The molecule has 0 fully saturated rings. The van der Waals surface area contributed by atoms with Crippen LogP contribution in [0.1, 0.15) is 45.4 Å². The second-order valence-corrected chi connectivity index (χ2v) is 3.01. The van der Waals surface area contributed by atoms with E-state index in [1.165, 1.54) is 0 Å². The van der Waals surface area contributed by atoms with E-state index >= 15 is 0 Å². The fourth-order valence-corrected chi connectivity index (χ4v) is 1.13. The van der Waals surface area contributed by atoms with Gasteiger partial charge in [-0.05, 0) is 19.8 Å². The highest BCUT2D eigenvalue weighted by molar-refractivity contribution is 5.69. The van der Waals surface area contributed by atoms with Gasteiger partial charge < -0.3 is 4.74 Å². The number of hydrogen-bond donors (Lipinski definition) is 0. The molecule has 0 aromatic heterocycles. The van der Waals surface area contributed by atoms with Crippen LogP contribution in [0, 0.1) is 0 Å². The van der Waals surface area contributed by atoms with Crippen LogP contribution in [0.4, 0.5) is 4.39 Å². The van der Waals surface area contributed by atoms with E-state index in [-0.39, 0.29) is 12.6 Å². The van der Waals surface area contributed by atoms with Crippen molar-refractivity contribution in [3.63, 3.8) is 0 Å². The van der Waals surface area contributed by atoms with Crippen LogP contribution in [0.25, 0.3) is 0 Å². The Bertz CT molecular complexity index is 126. The van der Waals surface area contributed by atoms with Crippen LogP contribution in [0.2, 0.25) is 0 Å². The number of carbonyl (C=O) groups excluding carboxylic acids is 1. The molecule has 0 bridgehead atoms. The van der Waals surface area contributed by atoms with Gasteiger partial charge in [0.05, 0.1) is 13.3 Å². The van der Waals surface area contributed by atoms with Crippen molar-refractivity contribution in [2.75, 3.05) is 13.3 Å². The number of carbonyl (C=O) groups is 1. The number of unbranched alkanes of at least 4 members (excludes halogenated alkanes) is 4. The first-order chi connectivity index (χ1) is 6.31. The summed E-state index contributed by atoms with van der Waals surface area (Å²) < 4.78 is 16.4. The molecule has 0 aromatic carbocycles. The third kappa shape index (κ3) is 9.31. The van der Waals surface area contributed by atoms with Crippen LogP contribution >= 0.6 is 0 Å². The van der Waals surface area contributed by atoms with Gasteiger partial charge in [-0.2, -0.15) is 0 Å². The van der Waals surface area contributed by atoms with E-state index in [0.29, 0.717) is 19.4 Å². The van der Waals surface area contributed by atoms with E-state index in [0.717, 1.165) is 25.7 Å². The van der Waals surface area contributed by atoms with Gasteiger partial charge in [-0.25, -0.2) is 0 Å². The number of alkyl halides is 1. The summed E-state index contributed by atoms with van der Waals surface area (Å²) in [5.74, 6) is -0.118. The molecular weight excluding hydrogens is 171 g/mol. The van der Waals surface area contributed by atoms with Crippen molar-refractivity contribution in [3.05, 3.63) is 0 Å². The van der Waals surface area contributed by atoms with Crippen molar-refractivity contribution in [1.29, 1.82) is 0 Å². The van der Waals surface area contributed by atoms with Gasteiger partial charge in [0.25, 0.3) is 0 Å². The molecule has 0 aliphatic carbocycles. The van der Waals surface area contributed by atoms with Gasteiger partial charge in [0, 0.05) is 6.42 Å². The summed E-state index contributed by atoms with van der Waals surface area (Å²) in [4.78, 5) is 10.8. The minimum Gasteiger partial charge on any atom is -0.466 e. The molecule has 3 heteroatoms. The zero-order valence-electron chi connectivity index (χ0n) is 8.35. The molecule has 78 valence electrons. The average Bonchev–Trinajstić information content (AvgIpc) is 2.11. The molecule has 0 unspecified atom stereocenters. The van der Waals surface area contributed by atoms with Gasteiger partial charge in [0.1, 0.15) is 0 Å². The van der Waals surface area contributed by atoms with Gasteiger partial charge in [-0.3, -0.25) is 9.18 Å². The van der Waals surface area contributed by atoms with Gasteiger partial charge >= 0.3 is 5.97 Å². The minimum absolute atomic E-state index is 0.118. The first kappa shape index (κ1) is 12.4. The molecule has 0 atom stereocenters. The SMILES string of the molecule is CCOC(=O)CCCCCCCF. The highest BCUT2D eigenvalue weighted by Crippen LogP contribution is 2.06. The predicted molar refractivity (Wildman–Crippen MR) is 50.3 cm³/mol. The van der Waals surface area contributed by atoms with Crippen molar-refractivity contribution in [3.8, 4) is 0 Å². The summed E-state index contributed by atoms with van der Waals surface area (Å²) in [6, 6.07) is 0. The maximum Gasteiger partial charge on any atom is 0.305 e. The zero-order valence-corrected chi connectivity index (χ0v) is 8.35. The largest absolute Gasteiger partial charge is 0.466 e. The molecule has 0 aromatic rings.